The average molecular weight is 253 g/mol. The lowest BCUT2D eigenvalue weighted by Crippen LogP contribution is -2.19. The highest BCUT2D eigenvalue weighted by molar-refractivity contribution is 5.36. The van der Waals surface area contributed by atoms with Crippen LogP contribution in [0, 0.1) is 5.82 Å². The van der Waals surface area contributed by atoms with Crippen molar-refractivity contribution in [2.45, 2.75) is 31.9 Å². The van der Waals surface area contributed by atoms with Crippen molar-refractivity contribution in [1.29, 1.82) is 0 Å². The highest BCUT2D eigenvalue weighted by atomic mass is 19.1. The third kappa shape index (κ3) is 3.21. The van der Waals surface area contributed by atoms with Crippen molar-refractivity contribution in [1.82, 2.24) is 5.32 Å². The molecule has 100 valence electrons. The lowest BCUT2D eigenvalue weighted by Gasteiger charge is -2.18. The summed E-state index contributed by atoms with van der Waals surface area (Å²) in [6.45, 7) is 3.33. The SMILES string of the molecule is CNC(C)c1cc(F)ccc1OCC1CCCO1. The van der Waals surface area contributed by atoms with Gasteiger partial charge in [0.1, 0.15) is 18.2 Å². The topological polar surface area (TPSA) is 30.5 Å². The minimum Gasteiger partial charge on any atom is -0.491 e. The molecule has 1 aromatic carbocycles. The summed E-state index contributed by atoms with van der Waals surface area (Å²) in [6, 6.07) is 4.69. The maximum atomic E-state index is 13.3. The second-order valence-corrected chi connectivity index (χ2v) is 4.64. The Kier molecular flexibility index (Phi) is 4.55. The van der Waals surface area contributed by atoms with Crippen LogP contribution < -0.4 is 10.1 Å². The summed E-state index contributed by atoms with van der Waals surface area (Å²) < 4.78 is 24.6. The zero-order chi connectivity index (χ0) is 13.0. The molecule has 18 heavy (non-hydrogen) atoms. The number of halogens is 1. The molecule has 1 saturated heterocycles. The molecule has 2 unspecified atom stereocenters. The molecular formula is C14H20FNO2. The number of hydrogen-bond acceptors (Lipinski definition) is 3. The maximum Gasteiger partial charge on any atom is 0.124 e. The van der Waals surface area contributed by atoms with Crippen molar-refractivity contribution < 1.29 is 13.9 Å². The van der Waals surface area contributed by atoms with Crippen LogP contribution >= 0.6 is 0 Å². The van der Waals surface area contributed by atoms with Gasteiger partial charge in [0.15, 0.2) is 0 Å². The number of rotatable bonds is 5. The summed E-state index contributed by atoms with van der Waals surface area (Å²) in [4.78, 5) is 0. The van der Waals surface area contributed by atoms with E-state index >= 15 is 0 Å². The zero-order valence-electron chi connectivity index (χ0n) is 10.9. The van der Waals surface area contributed by atoms with E-state index in [1.165, 1.54) is 12.1 Å². The van der Waals surface area contributed by atoms with Gasteiger partial charge < -0.3 is 14.8 Å². The minimum absolute atomic E-state index is 0.0557. The molecule has 0 saturated carbocycles. The first-order chi connectivity index (χ1) is 8.70. The van der Waals surface area contributed by atoms with Crippen LogP contribution in [0.15, 0.2) is 18.2 Å². The van der Waals surface area contributed by atoms with E-state index in [9.17, 15) is 4.39 Å². The Bertz CT molecular complexity index is 391. The number of benzene rings is 1. The van der Waals surface area contributed by atoms with Gasteiger partial charge in [-0.05, 0) is 45.0 Å². The fraction of sp³-hybridized carbons (Fsp3) is 0.571. The van der Waals surface area contributed by atoms with Gasteiger partial charge in [-0.15, -0.1) is 0 Å². The molecule has 0 spiro atoms. The van der Waals surface area contributed by atoms with Crippen molar-refractivity contribution in [2.24, 2.45) is 0 Å². The van der Waals surface area contributed by atoms with Gasteiger partial charge in [-0.1, -0.05) is 0 Å². The highest BCUT2D eigenvalue weighted by Crippen LogP contribution is 2.26. The molecule has 3 nitrogen and oxygen atoms in total. The molecule has 0 aromatic heterocycles. The Morgan fingerprint density at radius 2 is 2.39 bits per heavy atom. The van der Waals surface area contributed by atoms with Gasteiger partial charge >= 0.3 is 0 Å². The Hall–Kier alpha value is -1.13. The fourth-order valence-electron chi connectivity index (χ4n) is 2.10. The van der Waals surface area contributed by atoms with E-state index in [1.54, 1.807) is 6.07 Å². The molecule has 1 fully saturated rings. The summed E-state index contributed by atoms with van der Waals surface area (Å²) >= 11 is 0. The fourth-order valence-corrected chi connectivity index (χ4v) is 2.10. The van der Waals surface area contributed by atoms with Gasteiger partial charge in [-0.3, -0.25) is 0 Å². The van der Waals surface area contributed by atoms with Gasteiger partial charge in [0.05, 0.1) is 6.10 Å². The van der Waals surface area contributed by atoms with Crippen LogP contribution in [0.25, 0.3) is 0 Å². The average Bonchev–Trinajstić information content (AvgIpc) is 2.89. The zero-order valence-corrected chi connectivity index (χ0v) is 10.9. The number of hydrogen-bond donors (Lipinski definition) is 1. The molecule has 2 atom stereocenters. The van der Waals surface area contributed by atoms with Gasteiger partial charge in [-0.25, -0.2) is 4.39 Å². The molecule has 0 amide bonds. The van der Waals surface area contributed by atoms with Crippen molar-refractivity contribution in [3.05, 3.63) is 29.6 Å². The molecule has 1 aliphatic rings. The quantitative estimate of drug-likeness (QED) is 0.875. The van der Waals surface area contributed by atoms with Crippen LogP contribution in [-0.2, 0) is 4.74 Å². The molecule has 1 aromatic rings. The summed E-state index contributed by atoms with van der Waals surface area (Å²) in [5, 5.41) is 3.10. The predicted molar refractivity (Wildman–Crippen MR) is 68.3 cm³/mol. The predicted octanol–water partition coefficient (Wildman–Crippen LogP) is 2.66. The van der Waals surface area contributed by atoms with Crippen LogP contribution in [0.3, 0.4) is 0 Å². The number of ether oxygens (including phenoxy) is 2. The van der Waals surface area contributed by atoms with Crippen molar-refractivity contribution in [2.75, 3.05) is 20.3 Å². The van der Waals surface area contributed by atoms with E-state index in [2.05, 4.69) is 5.32 Å². The van der Waals surface area contributed by atoms with Crippen molar-refractivity contribution >= 4 is 0 Å². The van der Waals surface area contributed by atoms with E-state index < -0.39 is 0 Å². The molecule has 0 bridgehead atoms. The van der Waals surface area contributed by atoms with E-state index in [0.717, 1.165) is 30.8 Å². The Morgan fingerprint density at radius 1 is 1.56 bits per heavy atom. The second kappa shape index (κ2) is 6.16. The Balaban J connectivity index is 2.05. The highest BCUT2D eigenvalue weighted by Gasteiger charge is 2.18. The minimum atomic E-state index is -0.239. The summed E-state index contributed by atoms with van der Waals surface area (Å²) in [7, 11) is 1.85. The van der Waals surface area contributed by atoms with Crippen LogP contribution in [0.4, 0.5) is 4.39 Å². The first-order valence-corrected chi connectivity index (χ1v) is 6.42. The van der Waals surface area contributed by atoms with Gasteiger partial charge in [-0.2, -0.15) is 0 Å². The first kappa shape index (κ1) is 13.3. The van der Waals surface area contributed by atoms with Crippen molar-refractivity contribution in [3.63, 3.8) is 0 Å². The third-order valence-electron chi connectivity index (χ3n) is 3.32. The van der Waals surface area contributed by atoms with E-state index in [0.29, 0.717) is 6.61 Å². The number of nitrogens with one attached hydrogen (secondary N) is 1. The molecule has 1 aliphatic heterocycles. The largest absolute Gasteiger partial charge is 0.491 e. The smallest absolute Gasteiger partial charge is 0.124 e. The molecular weight excluding hydrogens is 233 g/mol. The summed E-state index contributed by atoms with van der Waals surface area (Å²) in [6.07, 6.45) is 2.31. The third-order valence-corrected chi connectivity index (χ3v) is 3.32. The van der Waals surface area contributed by atoms with E-state index in [4.69, 9.17) is 9.47 Å². The molecule has 1 heterocycles. The molecule has 4 heteroatoms. The van der Waals surface area contributed by atoms with Crippen LogP contribution in [-0.4, -0.2) is 26.4 Å². The normalized spacial score (nSPS) is 20.9. The van der Waals surface area contributed by atoms with E-state index in [-0.39, 0.29) is 18.0 Å². The molecule has 2 rings (SSSR count). The summed E-state index contributed by atoms with van der Waals surface area (Å²) in [5.41, 5.74) is 0.843. The lowest BCUT2D eigenvalue weighted by molar-refractivity contribution is 0.0674. The standard InChI is InChI=1S/C14H20FNO2/c1-10(16-2)13-8-11(15)5-6-14(13)18-9-12-4-3-7-17-12/h5-6,8,10,12,16H,3-4,7,9H2,1-2H3. The molecule has 1 N–H and O–H groups in total. The maximum absolute atomic E-state index is 13.3. The Morgan fingerprint density at radius 3 is 3.06 bits per heavy atom. The van der Waals surface area contributed by atoms with Crippen LogP contribution in [0.5, 0.6) is 5.75 Å². The van der Waals surface area contributed by atoms with Crippen LogP contribution in [0.1, 0.15) is 31.4 Å². The monoisotopic (exact) mass is 253 g/mol. The Labute approximate surface area is 107 Å². The second-order valence-electron chi connectivity index (χ2n) is 4.64. The molecule has 0 radical (unpaired) electrons. The van der Waals surface area contributed by atoms with Gasteiger partial charge in [0.2, 0.25) is 0 Å². The van der Waals surface area contributed by atoms with Crippen LogP contribution in [0.2, 0.25) is 0 Å². The van der Waals surface area contributed by atoms with Crippen molar-refractivity contribution in [3.8, 4) is 5.75 Å². The van der Waals surface area contributed by atoms with Gasteiger partial charge in [0.25, 0.3) is 0 Å². The lowest BCUT2D eigenvalue weighted by atomic mass is 10.1. The van der Waals surface area contributed by atoms with E-state index in [1.807, 2.05) is 14.0 Å². The first-order valence-electron chi connectivity index (χ1n) is 6.42. The van der Waals surface area contributed by atoms with Gasteiger partial charge in [0, 0.05) is 18.2 Å². The summed E-state index contributed by atoms with van der Waals surface area (Å²) in [5.74, 6) is 0.491. The molecule has 0 aliphatic carbocycles.